The largest absolute Gasteiger partial charge is 0.346 e. The van der Waals surface area contributed by atoms with E-state index in [0.717, 1.165) is 31.2 Å². The number of rotatable bonds is 3. The fourth-order valence-corrected chi connectivity index (χ4v) is 2.59. The van der Waals surface area contributed by atoms with E-state index in [9.17, 15) is 0 Å². The minimum absolute atomic E-state index is 0.556. The van der Waals surface area contributed by atoms with E-state index in [1.807, 2.05) is 18.6 Å². The zero-order chi connectivity index (χ0) is 12.4. The van der Waals surface area contributed by atoms with Gasteiger partial charge in [-0.15, -0.1) is 0 Å². The molecular weight excluding hydrogens is 224 g/mol. The monoisotopic (exact) mass is 242 g/mol. The Morgan fingerprint density at radius 3 is 2.94 bits per heavy atom. The lowest BCUT2D eigenvalue weighted by molar-refractivity contribution is 0.326. The second-order valence-corrected chi connectivity index (χ2v) is 5.03. The van der Waals surface area contributed by atoms with Crippen molar-refractivity contribution in [1.29, 1.82) is 0 Å². The van der Waals surface area contributed by atoms with Crippen LogP contribution in [0.5, 0.6) is 0 Å². The van der Waals surface area contributed by atoms with Gasteiger partial charge in [0.15, 0.2) is 0 Å². The number of aromatic nitrogens is 3. The molecule has 3 heterocycles. The molecule has 3 rings (SSSR count). The molecule has 0 bridgehead atoms. The van der Waals surface area contributed by atoms with Crippen molar-refractivity contribution in [3.63, 3.8) is 0 Å². The quantitative estimate of drug-likeness (QED) is 0.896. The number of nitrogens with zero attached hydrogens (tertiary/aromatic N) is 3. The van der Waals surface area contributed by atoms with E-state index >= 15 is 0 Å². The van der Waals surface area contributed by atoms with Crippen molar-refractivity contribution < 1.29 is 0 Å². The lowest BCUT2D eigenvalue weighted by Gasteiger charge is -2.15. The predicted molar refractivity (Wildman–Crippen MR) is 70.2 cm³/mol. The highest BCUT2D eigenvalue weighted by atomic mass is 15.2. The molecule has 1 aliphatic rings. The Morgan fingerprint density at radius 1 is 1.39 bits per heavy atom. The van der Waals surface area contributed by atoms with Crippen LogP contribution >= 0.6 is 0 Å². The smallest absolute Gasteiger partial charge is 0.110 e. The van der Waals surface area contributed by atoms with Crippen LogP contribution in [0.1, 0.15) is 29.4 Å². The van der Waals surface area contributed by atoms with Crippen molar-refractivity contribution in [3.05, 3.63) is 47.8 Å². The van der Waals surface area contributed by atoms with Gasteiger partial charge in [0.1, 0.15) is 5.82 Å². The molecule has 1 fully saturated rings. The highest BCUT2D eigenvalue weighted by molar-refractivity contribution is 5.11. The SMILES string of the molecule is Cc1cnc([C@@H]2CCN(Cc3ccncc3)C2)[nH]1. The molecule has 4 nitrogen and oxygen atoms in total. The third-order valence-corrected chi connectivity index (χ3v) is 3.54. The van der Waals surface area contributed by atoms with Crippen molar-refractivity contribution in [2.45, 2.75) is 25.8 Å². The van der Waals surface area contributed by atoms with Crippen LogP contribution in [0.25, 0.3) is 0 Å². The first kappa shape index (κ1) is 11.4. The van der Waals surface area contributed by atoms with Gasteiger partial charge in [0.05, 0.1) is 0 Å². The maximum atomic E-state index is 4.45. The highest BCUT2D eigenvalue weighted by Gasteiger charge is 2.25. The molecule has 0 aliphatic carbocycles. The molecule has 1 saturated heterocycles. The summed E-state index contributed by atoms with van der Waals surface area (Å²) >= 11 is 0. The maximum absolute atomic E-state index is 4.45. The number of aryl methyl sites for hydroxylation is 1. The number of imidazole rings is 1. The van der Waals surface area contributed by atoms with E-state index in [1.165, 1.54) is 12.0 Å². The van der Waals surface area contributed by atoms with Crippen LogP contribution in [0.3, 0.4) is 0 Å². The van der Waals surface area contributed by atoms with Gasteiger partial charge in [0, 0.05) is 43.3 Å². The summed E-state index contributed by atoms with van der Waals surface area (Å²) in [5.74, 6) is 1.70. The van der Waals surface area contributed by atoms with E-state index in [2.05, 4.69) is 38.9 Å². The van der Waals surface area contributed by atoms with E-state index in [4.69, 9.17) is 0 Å². The van der Waals surface area contributed by atoms with Crippen LogP contribution < -0.4 is 0 Å². The molecule has 2 aromatic heterocycles. The Morgan fingerprint density at radius 2 is 2.22 bits per heavy atom. The molecule has 1 aliphatic heterocycles. The Hall–Kier alpha value is -1.68. The number of nitrogens with one attached hydrogen (secondary N) is 1. The van der Waals surface area contributed by atoms with Crippen LogP contribution in [-0.2, 0) is 6.54 Å². The summed E-state index contributed by atoms with van der Waals surface area (Å²) in [7, 11) is 0. The Balaban J connectivity index is 1.62. The summed E-state index contributed by atoms with van der Waals surface area (Å²) < 4.78 is 0. The molecule has 4 heteroatoms. The number of aromatic amines is 1. The average molecular weight is 242 g/mol. The number of likely N-dealkylation sites (tertiary alicyclic amines) is 1. The van der Waals surface area contributed by atoms with Crippen LogP contribution in [0.2, 0.25) is 0 Å². The standard InChI is InChI=1S/C14H18N4/c1-11-8-16-14(17-11)13-4-7-18(10-13)9-12-2-5-15-6-3-12/h2-3,5-6,8,13H,4,7,9-10H2,1H3,(H,16,17)/t13-/m1/s1. The van der Waals surface area contributed by atoms with E-state index in [1.54, 1.807) is 0 Å². The predicted octanol–water partition coefficient (Wildman–Crippen LogP) is 2.10. The summed E-state index contributed by atoms with van der Waals surface area (Å²) in [5, 5.41) is 0. The molecule has 94 valence electrons. The van der Waals surface area contributed by atoms with Gasteiger partial charge in [-0.05, 0) is 37.6 Å². The Kier molecular flexibility index (Phi) is 3.11. The molecule has 1 atom stereocenters. The molecule has 0 unspecified atom stereocenters. The van der Waals surface area contributed by atoms with Gasteiger partial charge in [-0.1, -0.05) is 0 Å². The molecule has 0 aromatic carbocycles. The zero-order valence-corrected chi connectivity index (χ0v) is 10.6. The molecular formula is C14H18N4. The third kappa shape index (κ3) is 2.43. The van der Waals surface area contributed by atoms with Gasteiger partial charge in [0.25, 0.3) is 0 Å². The van der Waals surface area contributed by atoms with Crippen LogP contribution in [0, 0.1) is 6.92 Å². The lowest BCUT2D eigenvalue weighted by Crippen LogP contribution is -2.19. The molecule has 0 spiro atoms. The minimum Gasteiger partial charge on any atom is -0.346 e. The van der Waals surface area contributed by atoms with Crippen molar-refractivity contribution >= 4 is 0 Å². The summed E-state index contributed by atoms with van der Waals surface area (Å²) in [6, 6.07) is 4.18. The average Bonchev–Trinajstić information content (AvgIpc) is 2.99. The fourth-order valence-electron chi connectivity index (χ4n) is 2.59. The number of pyridine rings is 1. The molecule has 2 aromatic rings. The Bertz CT molecular complexity index is 506. The molecule has 1 N–H and O–H groups in total. The minimum atomic E-state index is 0.556. The highest BCUT2D eigenvalue weighted by Crippen LogP contribution is 2.25. The van der Waals surface area contributed by atoms with Crippen molar-refractivity contribution in [2.75, 3.05) is 13.1 Å². The van der Waals surface area contributed by atoms with Gasteiger partial charge in [-0.25, -0.2) is 4.98 Å². The van der Waals surface area contributed by atoms with E-state index in [-0.39, 0.29) is 0 Å². The first-order chi connectivity index (χ1) is 8.81. The molecule has 0 radical (unpaired) electrons. The van der Waals surface area contributed by atoms with Crippen molar-refractivity contribution in [2.24, 2.45) is 0 Å². The summed E-state index contributed by atoms with van der Waals surface area (Å²) in [6.07, 6.45) is 6.83. The fraction of sp³-hybridized carbons (Fsp3) is 0.429. The first-order valence-corrected chi connectivity index (χ1v) is 6.44. The molecule has 0 saturated carbocycles. The number of hydrogen-bond acceptors (Lipinski definition) is 3. The van der Waals surface area contributed by atoms with E-state index < -0.39 is 0 Å². The maximum Gasteiger partial charge on any atom is 0.110 e. The zero-order valence-electron chi connectivity index (χ0n) is 10.6. The van der Waals surface area contributed by atoms with Gasteiger partial charge in [0.2, 0.25) is 0 Å². The van der Waals surface area contributed by atoms with Gasteiger partial charge >= 0.3 is 0 Å². The van der Waals surface area contributed by atoms with Crippen LogP contribution in [0.15, 0.2) is 30.7 Å². The second-order valence-electron chi connectivity index (χ2n) is 5.03. The molecule has 0 amide bonds. The second kappa shape index (κ2) is 4.90. The summed E-state index contributed by atoms with van der Waals surface area (Å²) in [4.78, 5) is 14.3. The topological polar surface area (TPSA) is 44.8 Å². The molecule has 18 heavy (non-hydrogen) atoms. The number of H-pyrrole nitrogens is 1. The van der Waals surface area contributed by atoms with Crippen molar-refractivity contribution in [1.82, 2.24) is 19.9 Å². The van der Waals surface area contributed by atoms with Gasteiger partial charge < -0.3 is 4.98 Å². The third-order valence-electron chi connectivity index (χ3n) is 3.54. The van der Waals surface area contributed by atoms with Gasteiger partial charge in [-0.3, -0.25) is 9.88 Å². The Labute approximate surface area is 107 Å². The van der Waals surface area contributed by atoms with Crippen LogP contribution in [0.4, 0.5) is 0 Å². The first-order valence-electron chi connectivity index (χ1n) is 6.44. The van der Waals surface area contributed by atoms with Crippen molar-refractivity contribution in [3.8, 4) is 0 Å². The summed E-state index contributed by atoms with van der Waals surface area (Å²) in [5.41, 5.74) is 2.49. The normalized spacial score (nSPS) is 20.4. The number of hydrogen-bond donors (Lipinski definition) is 1. The summed E-state index contributed by atoms with van der Waals surface area (Å²) in [6.45, 7) is 5.31. The van der Waals surface area contributed by atoms with E-state index in [0.29, 0.717) is 5.92 Å². The lowest BCUT2D eigenvalue weighted by atomic mass is 10.1. The van der Waals surface area contributed by atoms with Gasteiger partial charge in [-0.2, -0.15) is 0 Å². The van der Waals surface area contributed by atoms with Crippen LogP contribution in [-0.4, -0.2) is 32.9 Å².